The van der Waals surface area contributed by atoms with Crippen LogP contribution in [0.15, 0.2) is 42.5 Å². The Morgan fingerprint density at radius 1 is 1.14 bits per heavy atom. The molecule has 0 unspecified atom stereocenters. The van der Waals surface area contributed by atoms with Crippen LogP contribution in [0, 0.1) is 15.9 Å². The second-order valence-electron chi connectivity index (χ2n) is 4.23. The number of amides is 1. The fourth-order valence-electron chi connectivity index (χ4n) is 1.77. The van der Waals surface area contributed by atoms with E-state index in [-0.39, 0.29) is 11.3 Å². The van der Waals surface area contributed by atoms with Crippen LogP contribution in [0.4, 0.5) is 15.8 Å². The molecule has 2 N–H and O–H groups in total. The van der Waals surface area contributed by atoms with Gasteiger partial charge < -0.3 is 10.4 Å². The van der Waals surface area contributed by atoms with Gasteiger partial charge in [0.15, 0.2) is 0 Å². The number of non-ortho nitro benzene ring substituents is 1. The molecule has 0 radical (unpaired) electrons. The third-order valence-corrected chi connectivity index (χ3v) is 2.81. The third kappa shape index (κ3) is 3.06. The molecule has 0 aliphatic heterocycles. The van der Waals surface area contributed by atoms with E-state index < -0.39 is 33.9 Å². The highest BCUT2D eigenvalue weighted by Crippen LogP contribution is 2.23. The first kappa shape index (κ1) is 15.1. The molecule has 112 valence electrons. The van der Waals surface area contributed by atoms with Crippen LogP contribution in [0.5, 0.6) is 0 Å². The number of rotatable bonds is 4. The molecule has 0 spiro atoms. The van der Waals surface area contributed by atoms with Crippen LogP contribution in [-0.4, -0.2) is 21.9 Å². The summed E-state index contributed by atoms with van der Waals surface area (Å²) in [5.41, 5.74) is -1.32. The van der Waals surface area contributed by atoms with E-state index in [1.165, 1.54) is 18.2 Å². The van der Waals surface area contributed by atoms with E-state index >= 15 is 0 Å². The molecule has 0 aliphatic rings. The summed E-state index contributed by atoms with van der Waals surface area (Å²) in [5, 5.41) is 21.9. The number of hydrogen-bond donors (Lipinski definition) is 2. The molecule has 2 aromatic rings. The number of nitro benzene ring substituents is 1. The molecule has 2 rings (SSSR count). The van der Waals surface area contributed by atoms with Crippen LogP contribution < -0.4 is 5.32 Å². The first-order chi connectivity index (χ1) is 10.4. The lowest BCUT2D eigenvalue weighted by Crippen LogP contribution is -2.16. The summed E-state index contributed by atoms with van der Waals surface area (Å²) in [6, 6.07) is 8.12. The predicted molar refractivity (Wildman–Crippen MR) is 74.4 cm³/mol. The molecule has 0 fully saturated rings. The van der Waals surface area contributed by atoms with Gasteiger partial charge in [-0.25, -0.2) is 9.18 Å². The molecule has 8 heteroatoms. The van der Waals surface area contributed by atoms with Crippen molar-refractivity contribution >= 4 is 23.3 Å². The van der Waals surface area contributed by atoms with Crippen molar-refractivity contribution < 1.29 is 24.0 Å². The fraction of sp³-hybridized carbons (Fsp3) is 0. The number of nitrogens with one attached hydrogen (secondary N) is 1. The minimum atomic E-state index is -1.45. The van der Waals surface area contributed by atoms with E-state index in [9.17, 15) is 24.1 Å². The zero-order valence-corrected chi connectivity index (χ0v) is 10.9. The normalized spacial score (nSPS) is 10.0. The highest BCUT2D eigenvalue weighted by molar-refractivity contribution is 6.08. The van der Waals surface area contributed by atoms with Crippen LogP contribution in [0.25, 0.3) is 0 Å². The highest BCUT2D eigenvalue weighted by atomic mass is 19.1. The maximum atomic E-state index is 13.5. The highest BCUT2D eigenvalue weighted by Gasteiger charge is 2.19. The fourth-order valence-corrected chi connectivity index (χ4v) is 1.77. The summed E-state index contributed by atoms with van der Waals surface area (Å²) in [6.45, 7) is 0. The summed E-state index contributed by atoms with van der Waals surface area (Å²) in [6.07, 6.45) is 0. The summed E-state index contributed by atoms with van der Waals surface area (Å²) >= 11 is 0. The Morgan fingerprint density at radius 2 is 1.82 bits per heavy atom. The lowest BCUT2D eigenvalue weighted by molar-refractivity contribution is -0.384. The van der Waals surface area contributed by atoms with Crippen molar-refractivity contribution in [2.45, 2.75) is 0 Å². The minimum absolute atomic E-state index is 0.161. The van der Waals surface area contributed by atoms with Crippen LogP contribution in [0.1, 0.15) is 20.7 Å². The largest absolute Gasteiger partial charge is 0.478 e. The molecule has 22 heavy (non-hydrogen) atoms. The first-order valence-electron chi connectivity index (χ1n) is 5.97. The zero-order valence-electron chi connectivity index (χ0n) is 10.9. The van der Waals surface area contributed by atoms with Gasteiger partial charge in [-0.3, -0.25) is 14.9 Å². The Hall–Kier alpha value is -3.29. The quantitative estimate of drug-likeness (QED) is 0.666. The maximum Gasteiger partial charge on any atom is 0.338 e. The number of hydrogen-bond acceptors (Lipinski definition) is 4. The van der Waals surface area contributed by atoms with Crippen molar-refractivity contribution in [3.8, 4) is 0 Å². The molecule has 0 aromatic heterocycles. The zero-order chi connectivity index (χ0) is 16.3. The molecule has 1 amide bonds. The van der Waals surface area contributed by atoms with E-state index in [4.69, 9.17) is 5.11 Å². The minimum Gasteiger partial charge on any atom is -0.478 e. The van der Waals surface area contributed by atoms with E-state index in [1.54, 1.807) is 0 Å². The van der Waals surface area contributed by atoms with Crippen molar-refractivity contribution in [2.24, 2.45) is 0 Å². The lowest BCUT2D eigenvalue weighted by Gasteiger charge is -2.09. The molecule has 0 saturated carbocycles. The van der Waals surface area contributed by atoms with Gasteiger partial charge in [0.05, 0.1) is 21.7 Å². The van der Waals surface area contributed by atoms with E-state index in [0.29, 0.717) is 0 Å². The summed E-state index contributed by atoms with van der Waals surface area (Å²) in [7, 11) is 0. The number of benzene rings is 2. The van der Waals surface area contributed by atoms with Gasteiger partial charge in [-0.1, -0.05) is 12.1 Å². The first-order valence-corrected chi connectivity index (χ1v) is 5.97. The van der Waals surface area contributed by atoms with Crippen molar-refractivity contribution in [2.75, 3.05) is 5.32 Å². The summed E-state index contributed by atoms with van der Waals surface area (Å²) in [4.78, 5) is 33.0. The number of halogens is 1. The van der Waals surface area contributed by atoms with Gasteiger partial charge in [0.2, 0.25) is 0 Å². The molecule has 0 heterocycles. The van der Waals surface area contributed by atoms with Gasteiger partial charge in [0, 0.05) is 12.1 Å². The van der Waals surface area contributed by atoms with Crippen molar-refractivity contribution in [3.05, 3.63) is 69.5 Å². The van der Waals surface area contributed by atoms with Gasteiger partial charge in [-0.15, -0.1) is 0 Å². The molecule has 2 aromatic carbocycles. The van der Waals surface area contributed by atoms with E-state index in [2.05, 4.69) is 5.32 Å². The number of carbonyl (C=O) groups is 2. The summed E-state index contributed by atoms with van der Waals surface area (Å²) in [5.74, 6) is -3.07. The number of nitro groups is 1. The topological polar surface area (TPSA) is 110 Å². The third-order valence-electron chi connectivity index (χ3n) is 2.81. The van der Waals surface area contributed by atoms with Gasteiger partial charge in [0.1, 0.15) is 5.82 Å². The Labute approximate surface area is 123 Å². The molecular formula is C14H9FN2O5. The van der Waals surface area contributed by atoms with Crippen LogP contribution >= 0.6 is 0 Å². The number of anilines is 1. The monoisotopic (exact) mass is 304 g/mol. The summed E-state index contributed by atoms with van der Waals surface area (Å²) < 4.78 is 13.5. The number of carboxylic acids is 1. The van der Waals surface area contributed by atoms with Gasteiger partial charge >= 0.3 is 5.97 Å². The average molecular weight is 304 g/mol. The Kier molecular flexibility index (Phi) is 4.12. The van der Waals surface area contributed by atoms with Gasteiger partial charge in [0.25, 0.3) is 11.6 Å². The molecule has 0 saturated heterocycles. The standard InChI is InChI=1S/C14H9FN2O5/c15-11-4-2-1-3-9(11)13(18)16-12-6-5-8(17(21)22)7-10(12)14(19)20/h1-7H,(H,16,18)(H,19,20). The number of nitrogens with zero attached hydrogens (tertiary/aromatic N) is 1. The van der Waals surface area contributed by atoms with Crippen LogP contribution in [0.2, 0.25) is 0 Å². The second-order valence-corrected chi connectivity index (χ2v) is 4.23. The molecule has 0 atom stereocenters. The van der Waals surface area contributed by atoms with Crippen LogP contribution in [-0.2, 0) is 0 Å². The maximum absolute atomic E-state index is 13.5. The van der Waals surface area contributed by atoms with Crippen molar-refractivity contribution in [1.82, 2.24) is 0 Å². The SMILES string of the molecule is O=C(Nc1ccc([N+](=O)[O-])cc1C(=O)O)c1ccccc1F. The Balaban J connectivity index is 2.37. The number of carboxylic acid groups (broad SMARTS) is 1. The predicted octanol–water partition coefficient (Wildman–Crippen LogP) is 2.68. The number of aromatic carboxylic acids is 1. The second kappa shape index (κ2) is 6.00. The van der Waals surface area contributed by atoms with Crippen molar-refractivity contribution in [3.63, 3.8) is 0 Å². The van der Waals surface area contributed by atoms with Crippen molar-refractivity contribution in [1.29, 1.82) is 0 Å². The molecule has 0 bridgehead atoms. The molecule has 7 nitrogen and oxygen atoms in total. The van der Waals surface area contributed by atoms with E-state index in [1.807, 2.05) is 0 Å². The average Bonchev–Trinajstić information content (AvgIpc) is 2.47. The molecule has 0 aliphatic carbocycles. The van der Waals surface area contributed by atoms with Crippen LogP contribution in [0.3, 0.4) is 0 Å². The smallest absolute Gasteiger partial charge is 0.338 e. The number of carbonyl (C=O) groups excluding carboxylic acids is 1. The van der Waals surface area contributed by atoms with Gasteiger partial charge in [-0.05, 0) is 18.2 Å². The molecular weight excluding hydrogens is 295 g/mol. The Bertz CT molecular complexity index is 776. The lowest BCUT2D eigenvalue weighted by atomic mass is 10.1. The Morgan fingerprint density at radius 3 is 2.41 bits per heavy atom. The van der Waals surface area contributed by atoms with E-state index in [0.717, 1.165) is 24.3 Å². The van der Waals surface area contributed by atoms with Gasteiger partial charge in [-0.2, -0.15) is 0 Å².